The van der Waals surface area contributed by atoms with E-state index in [1.54, 1.807) is 43.3 Å². The van der Waals surface area contributed by atoms with Gasteiger partial charge in [-0.05, 0) is 25.1 Å². The number of ketones is 1. The summed E-state index contributed by atoms with van der Waals surface area (Å²) in [6, 6.07) is 10.1. The first-order valence-electron chi connectivity index (χ1n) is 7.36. The molecule has 6 heteroatoms. The van der Waals surface area contributed by atoms with Gasteiger partial charge in [-0.15, -0.1) is 0 Å². The molecule has 0 radical (unpaired) electrons. The number of benzene rings is 2. The molecule has 24 heavy (non-hydrogen) atoms. The predicted octanol–water partition coefficient (Wildman–Crippen LogP) is 2.94. The van der Waals surface area contributed by atoms with Gasteiger partial charge in [0.05, 0.1) is 26.9 Å². The van der Waals surface area contributed by atoms with Crippen molar-refractivity contribution in [2.75, 3.05) is 27.1 Å². The molecule has 0 heterocycles. The van der Waals surface area contributed by atoms with Gasteiger partial charge >= 0.3 is 0 Å². The van der Waals surface area contributed by atoms with Crippen LogP contribution < -0.4 is 24.7 Å². The maximum Gasteiger partial charge on any atom is 0.206 e. The van der Waals surface area contributed by atoms with Crippen LogP contribution in [0.25, 0.3) is 0 Å². The number of ether oxygens (including phenoxy) is 4. The first-order chi connectivity index (χ1) is 11.5. The van der Waals surface area contributed by atoms with Crippen molar-refractivity contribution in [2.24, 2.45) is 0 Å². The molecule has 0 bridgehead atoms. The first-order valence-corrected chi connectivity index (χ1v) is 7.36. The van der Waals surface area contributed by atoms with Crippen LogP contribution in [0.5, 0.6) is 23.0 Å². The van der Waals surface area contributed by atoms with Crippen LogP contribution in [0.15, 0.2) is 36.4 Å². The van der Waals surface area contributed by atoms with Crippen LogP contribution in [0.4, 0.5) is 5.69 Å². The second-order valence-corrected chi connectivity index (χ2v) is 5.10. The quantitative estimate of drug-likeness (QED) is 0.621. The smallest absolute Gasteiger partial charge is 0.206 e. The summed E-state index contributed by atoms with van der Waals surface area (Å²) in [7, 11) is 4.51. The highest BCUT2D eigenvalue weighted by Crippen LogP contribution is 2.35. The Kier molecular flexibility index (Phi) is 5.52. The number of hydrogen-bond donors (Lipinski definition) is 1. The van der Waals surface area contributed by atoms with Crippen LogP contribution in [0.3, 0.4) is 0 Å². The molecular weight excluding hydrogens is 310 g/mol. The third-order valence-corrected chi connectivity index (χ3v) is 3.51. The minimum absolute atomic E-state index is 0.241. The second kappa shape index (κ2) is 7.59. The highest BCUT2D eigenvalue weighted by atomic mass is 16.5. The van der Waals surface area contributed by atoms with Gasteiger partial charge in [0.1, 0.15) is 11.5 Å². The van der Waals surface area contributed by atoms with Crippen LogP contribution in [-0.4, -0.2) is 33.2 Å². The zero-order chi connectivity index (χ0) is 17.7. The summed E-state index contributed by atoms with van der Waals surface area (Å²) in [6.45, 7) is 1.67. The fourth-order valence-corrected chi connectivity index (χ4v) is 2.29. The Morgan fingerprint density at radius 2 is 1.58 bits per heavy atom. The van der Waals surface area contributed by atoms with E-state index in [9.17, 15) is 4.79 Å². The molecule has 0 aliphatic rings. The maximum atomic E-state index is 12.7. The van der Waals surface area contributed by atoms with E-state index < -0.39 is 6.10 Å². The SMILES string of the molecule is COc1cc(OC)c(C(=O)C(C)Oc2cccc(N)c2)cc1OC. The van der Waals surface area contributed by atoms with Gasteiger partial charge in [-0.25, -0.2) is 0 Å². The minimum atomic E-state index is -0.723. The van der Waals surface area contributed by atoms with E-state index in [4.69, 9.17) is 24.7 Å². The van der Waals surface area contributed by atoms with Crippen molar-refractivity contribution in [3.05, 3.63) is 42.0 Å². The molecule has 6 nitrogen and oxygen atoms in total. The summed E-state index contributed by atoms with van der Waals surface area (Å²) in [4.78, 5) is 12.7. The lowest BCUT2D eigenvalue weighted by atomic mass is 10.0. The molecular formula is C18H21NO5. The van der Waals surface area contributed by atoms with Crippen LogP contribution >= 0.6 is 0 Å². The third-order valence-electron chi connectivity index (χ3n) is 3.51. The van der Waals surface area contributed by atoms with Crippen molar-refractivity contribution in [1.82, 2.24) is 0 Å². The van der Waals surface area contributed by atoms with Gasteiger partial charge in [0.2, 0.25) is 5.78 Å². The van der Waals surface area contributed by atoms with Crippen molar-refractivity contribution in [2.45, 2.75) is 13.0 Å². The Balaban J connectivity index is 2.30. The molecule has 1 atom stereocenters. The molecule has 2 N–H and O–H groups in total. The van der Waals surface area contributed by atoms with E-state index >= 15 is 0 Å². The number of anilines is 1. The first kappa shape index (κ1) is 17.5. The Morgan fingerprint density at radius 1 is 0.958 bits per heavy atom. The average molecular weight is 331 g/mol. The summed E-state index contributed by atoms with van der Waals surface area (Å²) in [6.07, 6.45) is -0.723. The number of nitrogens with two attached hydrogens (primary N) is 1. The fourth-order valence-electron chi connectivity index (χ4n) is 2.29. The van der Waals surface area contributed by atoms with E-state index in [-0.39, 0.29) is 5.78 Å². The van der Waals surface area contributed by atoms with Gasteiger partial charge in [0, 0.05) is 17.8 Å². The number of methoxy groups -OCH3 is 3. The molecule has 1 unspecified atom stereocenters. The van der Waals surface area contributed by atoms with Crippen LogP contribution in [-0.2, 0) is 0 Å². The van der Waals surface area contributed by atoms with E-state index in [0.29, 0.717) is 34.2 Å². The highest BCUT2D eigenvalue weighted by Gasteiger charge is 2.23. The third kappa shape index (κ3) is 3.71. The molecule has 0 saturated heterocycles. The molecule has 0 fully saturated rings. The standard InChI is InChI=1S/C18H21NO5/c1-11(24-13-7-5-6-12(19)8-13)18(20)14-9-16(22-3)17(23-4)10-15(14)21-2/h5-11H,19H2,1-4H3. The summed E-state index contributed by atoms with van der Waals surface area (Å²) < 4.78 is 21.5. The van der Waals surface area contributed by atoms with Crippen molar-refractivity contribution >= 4 is 11.5 Å². The van der Waals surface area contributed by atoms with Crippen LogP contribution in [0.2, 0.25) is 0 Å². The van der Waals surface area contributed by atoms with E-state index in [0.717, 1.165) is 0 Å². The topological polar surface area (TPSA) is 80.0 Å². The van der Waals surface area contributed by atoms with Gasteiger partial charge < -0.3 is 24.7 Å². The van der Waals surface area contributed by atoms with Crippen LogP contribution in [0, 0.1) is 0 Å². The monoisotopic (exact) mass is 331 g/mol. The number of carbonyl (C=O) groups excluding carboxylic acids is 1. The summed E-state index contributed by atoms with van der Waals surface area (Å²) in [5, 5.41) is 0. The zero-order valence-corrected chi connectivity index (χ0v) is 14.2. The van der Waals surface area contributed by atoms with E-state index in [1.807, 2.05) is 0 Å². The van der Waals surface area contributed by atoms with Crippen LogP contribution in [0.1, 0.15) is 17.3 Å². The number of nitrogen functional groups attached to an aromatic ring is 1. The summed E-state index contributed by atoms with van der Waals surface area (Å²) in [5.41, 5.74) is 6.64. The summed E-state index contributed by atoms with van der Waals surface area (Å²) >= 11 is 0. The van der Waals surface area contributed by atoms with Crippen molar-refractivity contribution in [3.8, 4) is 23.0 Å². The number of Topliss-reactive ketones (excluding diaryl/α,β-unsaturated/α-hetero) is 1. The molecule has 0 spiro atoms. The zero-order valence-electron chi connectivity index (χ0n) is 14.2. The number of rotatable bonds is 7. The molecule has 0 aromatic heterocycles. The Labute approximate surface area is 141 Å². The van der Waals surface area contributed by atoms with Gasteiger partial charge in [0.15, 0.2) is 17.6 Å². The molecule has 2 aromatic rings. The minimum Gasteiger partial charge on any atom is -0.496 e. The Morgan fingerprint density at radius 3 is 2.17 bits per heavy atom. The van der Waals surface area contributed by atoms with Gasteiger partial charge in [-0.2, -0.15) is 0 Å². The van der Waals surface area contributed by atoms with E-state index in [2.05, 4.69) is 0 Å². The lowest BCUT2D eigenvalue weighted by molar-refractivity contribution is 0.0814. The van der Waals surface area contributed by atoms with Gasteiger partial charge in [-0.3, -0.25) is 4.79 Å². The lowest BCUT2D eigenvalue weighted by Crippen LogP contribution is -2.24. The van der Waals surface area contributed by atoms with E-state index in [1.165, 1.54) is 21.3 Å². The molecule has 0 saturated carbocycles. The predicted molar refractivity (Wildman–Crippen MR) is 91.4 cm³/mol. The largest absolute Gasteiger partial charge is 0.496 e. The molecule has 0 aliphatic carbocycles. The van der Waals surface area contributed by atoms with Crippen molar-refractivity contribution in [1.29, 1.82) is 0 Å². The Hall–Kier alpha value is -2.89. The fraction of sp³-hybridized carbons (Fsp3) is 0.278. The maximum absolute atomic E-state index is 12.7. The number of hydrogen-bond acceptors (Lipinski definition) is 6. The normalized spacial score (nSPS) is 11.5. The summed E-state index contributed by atoms with van der Waals surface area (Å²) in [5.74, 6) is 1.60. The van der Waals surface area contributed by atoms with Crippen molar-refractivity contribution in [3.63, 3.8) is 0 Å². The number of carbonyl (C=O) groups is 1. The molecule has 2 aromatic carbocycles. The lowest BCUT2D eigenvalue weighted by Gasteiger charge is -2.17. The highest BCUT2D eigenvalue weighted by molar-refractivity contribution is 6.02. The average Bonchev–Trinajstić information content (AvgIpc) is 2.59. The van der Waals surface area contributed by atoms with Gasteiger partial charge in [-0.1, -0.05) is 6.07 Å². The van der Waals surface area contributed by atoms with Gasteiger partial charge in [0.25, 0.3) is 0 Å². The van der Waals surface area contributed by atoms with Crippen molar-refractivity contribution < 1.29 is 23.7 Å². The molecule has 0 amide bonds. The Bertz CT molecular complexity index is 729. The molecule has 2 rings (SSSR count). The molecule has 0 aliphatic heterocycles. The second-order valence-electron chi connectivity index (χ2n) is 5.10. The molecule has 128 valence electrons.